The van der Waals surface area contributed by atoms with Crippen LogP contribution >= 0.6 is 0 Å². The van der Waals surface area contributed by atoms with E-state index in [-0.39, 0.29) is 24.6 Å². The van der Waals surface area contributed by atoms with Crippen LogP contribution in [0.25, 0.3) is 0 Å². The van der Waals surface area contributed by atoms with E-state index in [9.17, 15) is 14.7 Å². The summed E-state index contributed by atoms with van der Waals surface area (Å²) in [5, 5.41) is 15.0. The Kier molecular flexibility index (Phi) is 6.89. The van der Waals surface area contributed by atoms with E-state index in [1.807, 2.05) is 0 Å². The molecule has 1 saturated carbocycles. The van der Waals surface area contributed by atoms with Crippen LogP contribution in [0, 0.1) is 5.92 Å². The van der Waals surface area contributed by atoms with E-state index in [0.29, 0.717) is 12.8 Å². The largest absolute Gasteiger partial charge is 0.444 e. The van der Waals surface area contributed by atoms with Crippen molar-refractivity contribution < 1.29 is 24.2 Å². The SMILES string of the molecule is CC(C)(C)OC(=O)N[C@H]1CCC(CO)C[C@H]1NC(=O)OC(C)(C)C. The van der Waals surface area contributed by atoms with Crippen LogP contribution < -0.4 is 10.6 Å². The lowest BCUT2D eigenvalue weighted by Gasteiger charge is -2.37. The van der Waals surface area contributed by atoms with Crippen LogP contribution in [-0.2, 0) is 9.47 Å². The zero-order valence-corrected chi connectivity index (χ0v) is 15.6. The maximum Gasteiger partial charge on any atom is 0.407 e. The van der Waals surface area contributed by atoms with Crippen molar-refractivity contribution in [3.05, 3.63) is 0 Å². The van der Waals surface area contributed by atoms with Gasteiger partial charge in [0.2, 0.25) is 0 Å². The fourth-order valence-electron chi connectivity index (χ4n) is 2.67. The average Bonchev–Trinajstić information content (AvgIpc) is 2.36. The third-order valence-electron chi connectivity index (χ3n) is 3.62. The van der Waals surface area contributed by atoms with Gasteiger partial charge in [0.05, 0.1) is 12.1 Å². The number of hydrogen-bond donors (Lipinski definition) is 3. The smallest absolute Gasteiger partial charge is 0.407 e. The molecule has 0 spiro atoms. The van der Waals surface area contributed by atoms with Crippen LogP contribution in [0.15, 0.2) is 0 Å². The molecule has 2 amide bonds. The zero-order valence-electron chi connectivity index (χ0n) is 15.6. The van der Waals surface area contributed by atoms with Gasteiger partial charge in [-0.05, 0) is 66.7 Å². The van der Waals surface area contributed by atoms with Crippen molar-refractivity contribution in [3.8, 4) is 0 Å². The molecule has 3 atom stereocenters. The number of aliphatic hydroxyl groups is 1. The third-order valence-corrected chi connectivity index (χ3v) is 3.62. The van der Waals surface area contributed by atoms with Crippen LogP contribution in [0.3, 0.4) is 0 Å². The quantitative estimate of drug-likeness (QED) is 0.731. The van der Waals surface area contributed by atoms with Gasteiger partial charge in [-0.15, -0.1) is 0 Å². The highest BCUT2D eigenvalue weighted by atomic mass is 16.6. The normalized spacial score (nSPS) is 24.9. The van der Waals surface area contributed by atoms with Gasteiger partial charge in [-0.3, -0.25) is 0 Å². The maximum absolute atomic E-state index is 12.0. The summed E-state index contributed by atoms with van der Waals surface area (Å²) in [7, 11) is 0. The molecule has 140 valence electrons. The van der Waals surface area contributed by atoms with Crippen LogP contribution in [0.5, 0.6) is 0 Å². The van der Waals surface area contributed by atoms with E-state index in [4.69, 9.17) is 9.47 Å². The second-order valence-corrected chi connectivity index (χ2v) is 8.37. The molecule has 0 aliphatic heterocycles. The molecule has 7 heteroatoms. The molecule has 0 heterocycles. The van der Waals surface area contributed by atoms with Gasteiger partial charge in [0, 0.05) is 6.61 Å². The van der Waals surface area contributed by atoms with Crippen LogP contribution in [-0.4, -0.2) is 47.2 Å². The number of rotatable bonds is 3. The van der Waals surface area contributed by atoms with E-state index in [0.717, 1.165) is 6.42 Å². The second kappa shape index (κ2) is 8.05. The summed E-state index contributed by atoms with van der Waals surface area (Å²) in [4.78, 5) is 24.1. The van der Waals surface area contributed by atoms with E-state index in [2.05, 4.69) is 10.6 Å². The van der Waals surface area contributed by atoms with Crippen LogP contribution in [0.2, 0.25) is 0 Å². The lowest BCUT2D eigenvalue weighted by Crippen LogP contribution is -2.56. The predicted molar refractivity (Wildman–Crippen MR) is 90.7 cm³/mol. The number of aliphatic hydroxyl groups excluding tert-OH is 1. The van der Waals surface area contributed by atoms with Crippen molar-refractivity contribution in [2.45, 2.75) is 84.1 Å². The molecule has 0 radical (unpaired) electrons. The van der Waals surface area contributed by atoms with Gasteiger partial charge in [0.25, 0.3) is 0 Å². The first-order chi connectivity index (χ1) is 10.9. The maximum atomic E-state index is 12.0. The number of alkyl carbamates (subject to hydrolysis) is 2. The molecular formula is C17H32N2O5. The minimum Gasteiger partial charge on any atom is -0.444 e. The number of carbonyl (C=O) groups excluding carboxylic acids is 2. The van der Waals surface area contributed by atoms with Gasteiger partial charge in [0.1, 0.15) is 11.2 Å². The molecule has 0 saturated heterocycles. The summed E-state index contributed by atoms with van der Waals surface area (Å²) in [6, 6.07) is -0.562. The summed E-state index contributed by atoms with van der Waals surface area (Å²) in [6.45, 7) is 10.8. The number of carbonyl (C=O) groups is 2. The number of hydrogen-bond acceptors (Lipinski definition) is 5. The molecule has 3 N–H and O–H groups in total. The van der Waals surface area contributed by atoms with Crippen molar-refractivity contribution in [2.75, 3.05) is 6.61 Å². The lowest BCUT2D eigenvalue weighted by atomic mass is 9.83. The highest BCUT2D eigenvalue weighted by molar-refractivity contribution is 5.70. The van der Waals surface area contributed by atoms with E-state index in [1.165, 1.54) is 0 Å². The Labute approximate surface area is 144 Å². The first kappa shape index (κ1) is 20.5. The van der Waals surface area contributed by atoms with Crippen LogP contribution in [0.4, 0.5) is 9.59 Å². The molecule has 1 aliphatic rings. The highest BCUT2D eigenvalue weighted by Gasteiger charge is 2.34. The Bertz CT molecular complexity index is 439. The summed E-state index contributed by atoms with van der Waals surface area (Å²) in [5.41, 5.74) is -1.18. The first-order valence-electron chi connectivity index (χ1n) is 8.49. The highest BCUT2D eigenvalue weighted by Crippen LogP contribution is 2.25. The van der Waals surface area contributed by atoms with Crippen molar-refractivity contribution >= 4 is 12.2 Å². The van der Waals surface area contributed by atoms with Crippen molar-refractivity contribution in [2.24, 2.45) is 5.92 Å². The summed E-state index contributed by atoms with van der Waals surface area (Å²) < 4.78 is 10.6. The van der Waals surface area contributed by atoms with Gasteiger partial charge in [-0.2, -0.15) is 0 Å². The Morgan fingerprint density at radius 3 is 1.79 bits per heavy atom. The average molecular weight is 344 g/mol. The Hall–Kier alpha value is -1.50. The molecule has 1 aliphatic carbocycles. The molecular weight excluding hydrogens is 312 g/mol. The molecule has 0 aromatic heterocycles. The van der Waals surface area contributed by atoms with Gasteiger partial charge < -0.3 is 25.2 Å². The van der Waals surface area contributed by atoms with Crippen molar-refractivity contribution in [3.63, 3.8) is 0 Å². The van der Waals surface area contributed by atoms with E-state index < -0.39 is 23.4 Å². The molecule has 1 rings (SSSR count). The fourth-order valence-corrected chi connectivity index (χ4v) is 2.67. The molecule has 7 nitrogen and oxygen atoms in total. The van der Waals surface area contributed by atoms with Crippen molar-refractivity contribution in [1.82, 2.24) is 10.6 Å². The Morgan fingerprint density at radius 2 is 1.38 bits per heavy atom. The number of ether oxygens (including phenoxy) is 2. The molecule has 0 aromatic carbocycles. The minimum absolute atomic E-state index is 0.0612. The fraction of sp³-hybridized carbons (Fsp3) is 0.882. The number of nitrogens with one attached hydrogen (secondary N) is 2. The van der Waals surface area contributed by atoms with Gasteiger partial charge >= 0.3 is 12.2 Å². The first-order valence-corrected chi connectivity index (χ1v) is 8.49. The summed E-state index contributed by atoms with van der Waals surface area (Å²) >= 11 is 0. The third kappa shape index (κ3) is 7.86. The molecule has 1 unspecified atom stereocenters. The second-order valence-electron chi connectivity index (χ2n) is 8.37. The van der Waals surface area contributed by atoms with Crippen LogP contribution in [0.1, 0.15) is 60.8 Å². The molecule has 24 heavy (non-hydrogen) atoms. The minimum atomic E-state index is -0.594. The number of amides is 2. The zero-order chi connectivity index (χ0) is 18.5. The Morgan fingerprint density at radius 1 is 0.917 bits per heavy atom. The molecule has 1 fully saturated rings. The lowest BCUT2D eigenvalue weighted by molar-refractivity contribution is 0.0374. The van der Waals surface area contributed by atoms with E-state index in [1.54, 1.807) is 41.5 Å². The van der Waals surface area contributed by atoms with Gasteiger partial charge in [-0.25, -0.2) is 9.59 Å². The molecule has 0 bridgehead atoms. The molecule has 0 aromatic rings. The predicted octanol–water partition coefficient (Wildman–Crippen LogP) is 2.57. The van der Waals surface area contributed by atoms with Crippen molar-refractivity contribution in [1.29, 1.82) is 0 Å². The van der Waals surface area contributed by atoms with Gasteiger partial charge in [0.15, 0.2) is 0 Å². The standard InChI is InChI=1S/C17H32N2O5/c1-16(2,3)23-14(21)18-12-8-7-11(10-20)9-13(12)19-15(22)24-17(4,5)6/h11-13,20H,7-10H2,1-6H3,(H,18,21)(H,19,22)/t11?,12-,13+/m0/s1. The Balaban J connectivity index is 2.69. The monoisotopic (exact) mass is 344 g/mol. The summed E-state index contributed by atoms with van der Waals surface area (Å²) in [6.07, 6.45) is 0.984. The summed E-state index contributed by atoms with van der Waals surface area (Å²) in [5.74, 6) is 0.0987. The van der Waals surface area contributed by atoms with E-state index >= 15 is 0 Å². The van der Waals surface area contributed by atoms with Gasteiger partial charge in [-0.1, -0.05) is 0 Å². The topological polar surface area (TPSA) is 96.9 Å².